The van der Waals surface area contributed by atoms with E-state index in [2.05, 4.69) is 0 Å². The lowest BCUT2D eigenvalue weighted by Crippen LogP contribution is -1.92. The van der Waals surface area contributed by atoms with Crippen LogP contribution in [0, 0.1) is 11.3 Å². The molecule has 0 fully saturated rings. The van der Waals surface area contributed by atoms with E-state index in [1.165, 1.54) is 6.07 Å². The van der Waals surface area contributed by atoms with Gasteiger partial charge in [-0.05, 0) is 23.6 Å². The van der Waals surface area contributed by atoms with Gasteiger partial charge in [0.1, 0.15) is 0 Å². The van der Waals surface area contributed by atoms with Gasteiger partial charge in [0.25, 0.3) is 9.05 Å². The van der Waals surface area contributed by atoms with Crippen LogP contribution >= 0.6 is 10.7 Å². The highest BCUT2D eigenvalue weighted by atomic mass is 35.7. The summed E-state index contributed by atoms with van der Waals surface area (Å²) in [6.45, 7) is 0. The van der Waals surface area contributed by atoms with Crippen molar-refractivity contribution >= 4 is 30.5 Å². The molecular formula is C11H6ClNO2S. The highest BCUT2D eigenvalue weighted by Gasteiger charge is 2.13. The molecule has 0 N–H and O–H groups in total. The van der Waals surface area contributed by atoms with Crippen LogP contribution in [-0.2, 0) is 9.05 Å². The molecule has 0 saturated carbocycles. The molecule has 0 aliphatic carbocycles. The van der Waals surface area contributed by atoms with E-state index in [0.29, 0.717) is 16.3 Å². The molecule has 2 aromatic carbocycles. The van der Waals surface area contributed by atoms with Crippen LogP contribution in [0.4, 0.5) is 0 Å². The molecule has 0 atom stereocenters. The number of nitrogens with zero attached hydrogens (tertiary/aromatic N) is 1. The highest BCUT2D eigenvalue weighted by Crippen LogP contribution is 2.26. The maximum Gasteiger partial charge on any atom is 0.261 e. The van der Waals surface area contributed by atoms with Gasteiger partial charge in [0.05, 0.1) is 16.5 Å². The number of rotatable bonds is 1. The van der Waals surface area contributed by atoms with Crippen molar-refractivity contribution in [2.75, 3.05) is 0 Å². The Labute approximate surface area is 97.3 Å². The van der Waals surface area contributed by atoms with Crippen LogP contribution in [0.5, 0.6) is 0 Å². The van der Waals surface area contributed by atoms with Gasteiger partial charge < -0.3 is 0 Å². The minimum atomic E-state index is -3.76. The van der Waals surface area contributed by atoms with Gasteiger partial charge in [0, 0.05) is 16.1 Å². The Kier molecular flexibility index (Phi) is 2.58. The lowest BCUT2D eigenvalue weighted by atomic mass is 10.1. The molecule has 0 unspecified atom stereocenters. The maximum absolute atomic E-state index is 11.3. The van der Waals surface area contributed by atoms with Crippen LogP contribution < -0.4 is 0 Å². The average Bonchev–Trinajstić information content (AvgIpc) is 2.26. The maximum atomic E-state index is 11.3. The second-order valence-electron chi connectivity index (χ2n) is 3.24. The quantitative estimate of drug-likeness (QED) is 0.732. The van der Waals surface area contributed by atoms with Crippen LogP contribution in [0.15, 0.2) is 41.3 Å². The molecular weight excluding hydrogens is 246 g/mol. The van der Waals surface area contributed by atoms with Gasteiger partial charge >= 0.3 is 0 Å². The molecule has 0 spiro atoms. The number of hydrogen-bond acceptors (Lipinski definition) is 3. The smallest absolute Gasteiger partial charge is 0.207 e. The van der Waals surface area contributed by atoms with Crippen molar-refractivity contribution in [1.29, 1.82) is 5.26 Å². The van der Waals surface area contributed by atoms with E-state index in [1.807, 2.05) is 6.07 Å². The Morgan fingerprint density at radius 1 is 1.19 bits per heavy atom. The van der Waals surface area contributed by atoms with E-state index in [0.717, 1.165) is 0 Å². The molecule has 0 saturated heterocycles. The van der Waals surface area contributed by atoms with Crippen molar-refractivity contribution in [1.82, 2.24) is 0 Å². The molecule has 0 aromatic heterocycles. The number of nitriles is 1. The molecule has 80 valence electrons. The summed E-state index contributed by atoms with van der Waals surface area (Å²) < 4.78 is 22.6. The first-order valence-corrected chi connectivity index (χ1v) is 6.71. The third-order valence-electron chi connectivity index (χ3n) is 2.23. The normalized spacial score (nSPS) is 11.2. The second kappa shape index (κ2) is 3.78. The Balaban J connectivity index is 2.87. The van der Waals surface area contributed by atoms with Crippen LogP contribution in [0.3, 0.4) is 0 Å². The molecule has 0 bridgehead atoms. The van der Waals surface area contributed by atoms with Crippen molar-refractivity contribution in [3.63, 3.8) is 0 Å². The van der Waals surface area contributed by atoms with Gasteiger partial charge in [0.15, 0.2) is 0 Å². The van der Waals surface area contributed by atoms with Crippen LogP contribution in [0.25, 0.3) is 10.8 Å². The van der Waals surface area contributed by atoms with E-state index in [4.69, 9.17) is 15.9 Å². The van der Waals surface area contributed by atoms with Crippen molar-refractivity contribution in [3.8, 4) is 6.07 Å². The molecule has 2 aromatic rings. The van der Waals surface area contributed by atoms with Gasteiger partial charge in [-0.25, -0.2) is 8.42 Å². The summed E-state index contributed by atoms with van der Waals surface area (Å²) in [4.78, 5) is 0.0659. The molecule has 0 aliphatic heterocycles. The SMILES string of the molecule is N#Cc1ccc2c(S(=O)(=O)Cl)cccc2c1. The van der Waals surface area contributed by atoms with Gasteiger partial charge in [-0.1, -0.05) is 18.2 Å². The fraction of sp³-hybridized carbons (Fsp3) is 0. The zero-order valence-electron chi connectivity index (χ0n) is 8.01. The van der Waals surface area contributed by atoms with E-state index >= 15 is 0 Å². The standard InChI is InChI=1S/C11H6ClNO2S/c12-16(14,15)11-3-1-2-9-6-8(7-13)4-5-10(9)11/h1-6H. The van der Waals surface area contributed by atoms with Crippen molar-refractivity contribution in [2.24, 2.45) is 0 Å². The van der Waals surface area contributed by atoms with Gasteiger partial charge in [-0.15, -0.1) is 0 Å². The number of hydrogen-bond donors (Lipinski definition) is 0. The van der Waals surface area contributed by atoms with E-state index in [1.54, 1.807) is 30.3 Å². The second-order valence-corrected chi connectivity index (χ2v) is 5.78. The minimum absolute atomic E-state index is 0.0659. The van der Waals surface area contributed by atoms with Gasteiger partial charge in [-0.2, -0.15) is 5.26 Å². The topological polar surface area (TPSA) is 57.9 Å². The monoisotopic (exact) mass is 251 g/mol. The Morgan fingerprint density at radius 2 is 1.94 bits per heavy atom. The summed E-state index contributed by atoms with van der Waals surface area (Å²) in [6, 6.07) is 11.5. The fourth-order valence-corrected chi connectivity index (χ4v) is 2.63. The lowest BCUT2D eigenvalue weighted by molar-refractivity contribution is 0.610. The summed E-state index contributed by atoms with van der Waals surface area (Å²) in [5.41, 5.74) is 0.483. The summed E-state index contributed by atoms with van der Waals surface area (Å²) in [6.07, 6.45) is 0. The van der Waals surface area contributed by atoms with Crippen molar-refractivity contribution < 1.29 is 8.42 Å². The van der Waals surface area contributed by atoms with Crippen LogP contribution in [0.2, 0.25) is 0 Å². The molecule has 5 heteroatoms. The summed E-state index contributed by atoms with van der Waals surface area (Å²) in [5.74, 6) is 0. The van der Waals surface area contributed by atoms with E-state index in [-0.39, 0.29) is 4.90 Å². The fourth-order valence-electron chi connectivity index (χ4n) is 1.54. The number of halogens is 1. The van der Waals surface area contributed by atoms with Crippen molar-refractivity contribution in [3.05, 3.63) is 42.0 Å². The summed E-state index contributed by atoms with van der Waals surface area (Å²) in [7, 11) is 1.56. The number of benzene rings is 2. The van der Waals surface area contributed by atoms with Crippen molar-refractivity contribution in [2.45, 2.75) is 4.90 Å². The molecule has 0 amide bonds. The molecule has 0 aliphatic rings. The zero-order chi connectivity index (χ0) is 11.8. The predicted molar refractivity (Wildman–Crippen MR) is 61.7 cm³/mol. The van der Waals surface area contributed by atoms with E-state index < -0.39 is 9.05 Å². The van der Waals surface area contributed by atoms with Crippen LogP contribution in [0.1, 0.15) is 5.56 Å². The van der Waals surface area contributed by atoms with Crippen LogP contribution in [-0.4, -0.2) is 8.42 Å². The lowest BCUT2D eigenvalue weighted by Gasteiger charge is -2.03. The Morgan fingerprint density at radius 3 is 2.56 bits per heavy atom. The molecule has 16 heavy (non-hydrogen) atoms. The first kappa shape index (κ1) is 10.9. The summed E-state index contributed by atoms with van der Waals surface area (Å²) >= 11 is 0. The predicted octanol–water partition coefficient (Wildman–Crippen LogP) is 2.64. The molecule has 2 rings (SSSR count). The first-order chi connectivity index (χ1) is 7.52. The first-order valence-electron chi connectivity index (χ1n) is 4.40. The average molecular weight is 252 g/mol. The largest absolute Gasteiger partial charge is 0.261 e. The Bertz CT molecular complexity index is 701. The molecule has 3 nitrogen and oxygen atoms in total. The van der Waals surface area contributed by atoms with Gasteiger partial charge in [0.2, 0.25) is 0 Å². The molecule has 0 radical (unpaired) electrons. The molecule has 0 heterocycles. The zero-order valence-corrected chi connectivity index (χ0v) is 9.59. The third-order valence-corrected chi connectivity index (χ3v) is 3.61. The summed E-state index contributed by atoms with van der Waals surface area (Å²) in [5, 5.41) is 9.94. The third kappa shape index (κ3) is 1.87. The highest BCUT2D eigenvalue weighted by molar-refractivity contribution is 8.14. The number of fused-ring (bicyclic) bond motifs is 1. The van der Waals surface area contributed by atoms with Gasteiger partial charge in [-0.3, -0.25) is 0 Å². The minimum Gasteiger partial charge on any atom is -0.207 e. The van der Waals surface area contributed by atoms with E-state index in [9.17, 15) is 8.42 Å². The Hall–Kier alpha value is -1.57.